The fraction of sp³-hybridized carbons (Fsp3) is 0.571. The van der Waals surface area contributed by atoms with Gasteiger partial charge in [-0.05, 0) is 25.5 Å². The first-order chi connectivity index (χ1) is 9.11. The first kappa shape index (κ1) is 13.9. The SMILES string of the molecule is CCC(C)N1CCN(C(=O)c2cccc(F)n2)CC1. The topological polar surface area (TPSA) is 36.4 Å². The molecule has 1 aromatic rings. The third kappa shape index (κ3) is 3.29. The van der Waals surface area contributed by atoms with Gasteiger partial charge in [0.1, 0.15) is 5.69 Å². The van der Waals surface area contributed by atoms with Crippen molar-refractivity contribution in [1.82, 2.24) is 14.8 Å². The van der Waals surface area contributed by atoms with Crippen molar-refractivity contribution in [3.05, 3.63) is 29.8 Å². The molecule has 1 fully saturated rings. The fourth-order valence-corrected chi connectivity index (χ4v) is 2.31. The van der Waals surface area contributed by atoms with E-state index in [2.05, 4.69) is 23.7 Å². The van der Waals surface area contributed by atoms with Crippen LogP contribution in [0.25, 0.3) is 0 Å². The molecule has 1 saturated heterocycles. The number of nitrogens with zero attached hydrogens (tertiary/aromatic N) is 3. The van der Waals surface area contributed by atoms with Gasteiger partial charge in [0, 0.05) is 32.2 Å². The molecule has 0 bridgehead atoms. The summed E-state index contributed by atoms with van der Waals surface area (Å²) in [4.78, 5) is 20.0. The highest BCUT2D eigenvalue weighted by atomic mass is 19.1. The highest BCUT2D eigenvalue weighted by Crippen LogP contribution is 2.11. The van der Waals surface area contributed by atoms with Gasteiger partial charge >= 0.3 is 0 Å². The van der Waals surface area contributed by atoms with Gasteiger partial charge in [-0.25, -0.2) is 4.98 Å². The Kier molecular flexibility index (Phi) is 4.47. The van der Waals surface area contributed by atoms with Crippen molar-refractivity contribution < 1.29 is 9.18 Å². The van der Waals surface area contributed by atoms with Crippen molar-refractivity contribution in [3.63, 3.8) is 0 Å². The Morgan fingerprint density at radius 3 is 2.63 bits per heavy atom. The summed E-state index contributed by atoms with van der Waals surface area (Å²) >= 11 is 0. The maximum atomic E-state index is 13.0. The zero-order chi connectivity index (χ0) is 13.8. The highest BCUT2D eigenvalue weighted by Gasteiger charge is 2.24. The normalized spacial score (nSPS) is 18.4. The number of halogens is 1. The summed E-state index contributed by atoms with van der Waals surface area (Å²) in [6.45, 7) is 7.47. The van der Waals surface area contributed by atoms with Crippen molar-refractivity contribution in [2.45, 2.75) is 26.3 Å². The number of hydrogen-bond donors (Lipinski definition) is 0. The molecule has 1 unspecified atom stereocenters. The van der Waals surface area contributed by atoms with Crippen LogP contribution in [0.2, 0.25) is 0 Å². The van der Waals surface area contributed by atoms with Crippen LogP contribution >= 0.6 is 0 Å². The summed E-state index contributed by atoms with van der Waals surface area (Å²) in [7, 11) is 0. The summed E-state index contributed by atoms with van der Waals surface area (Å²) in [5.74, 6) is -0.785. The Balaban J connectivity index is 1.96. The van der Waals surface area contributed by atoms with Crippen molar-refractivity contribution in [1.29, 1.82) is 0 Å². The minimum atomic E-state index is -0.607. The van der Waals surface area contributed by atoms with Crippen LogP contribution in [0.5, 0.6) is 0 Å². The average molecular weight is 265 g/mol. The van der Waals surface area contributed by atoms with Crippen LogP contribution in [0.3, 0.4) is 0 Å². The number of rotatable bonds is 3. The number of carbonyl (C=O) groups is 1. The molecule has 0 aromatic carbocycles. The van der Waals surface area contributed by atoms with E-state index in [4.69, 9.17) is 0 Å². The van der Waals surface area contributed by atoms with Crippen LogP contribution < -0.4 is 0 Å². The molecule has 0 N–H and O–H groups in total. The lowest BCUT2D eigenvalue weighted by atomic mass is 10.2. The first-order valence-corrected chi connectivity index (χ1v) is 6.77. The molecule has 19 heavy (non-hydrogen) atoms. The molecular formula is C14H20FN3O. The number of amides is 1. The molecule has 0 radical (unpaired) electrons. The number of pyridine rings is 1. The number of carbonyl (C=O) groups excluding carboxylic acids is 1. The van der Waals surface area contributed by atoms with Gasteiger partial charge < -0.3 is 4.90 Å². The number of hydrogen-bond acceptors (Lipinski definition) is 3. The second kappa shape index (κ2) is 6.10. The summed E-state index contributed by atoms with van der Waals surface area (Å²) in [5.41, 5.74) is 0.192. The lowest BCUT2D eigenvalue weighted by Gasteiger charge is -2.37. The molecule has 1 aliphatic rings. The molecule has 1 atom stereocenters. The Morgan fingerprint density at radius 2 is 2.05 bits per heavy atom. The van der Waals surface area contributed by atoms with Gasteiger partial charge in [0.25, 0.3) is 5.91 Å². The molecule has 2 rings (SSSR count). The summed E-state index contributed by atoms with van der Waals surface area (Å²) in [6, 6.07) is 4.87. The van der Waals surface area contributed by atoms with Crippen LogP contribution in [0.15, 0.2) is 18.2 Å². The van der Waals surface area contributed by atoms with Crippen molar-refractivity contribution in [3.8, 4) is 0 Å². The molecule has 1 aromatic heterocycles. The van der Waals surface area contributed by atoms with Gasteiger partial charge in [0.2, 0.25) is 5.95 Å². The molecule has 1 amide bonds. The number of piperazine rings is 1. The number of aromatic nitrogens is 1. The van der Waals surface area contributed by atoms with Crippen molar-refractivity contribution in [2.24, 2.45) is 0 Å². The second-order valence-corrected chi connectivity index (χ2v) is 4.93. The first-order valence-electron chi connectivity index (χ1n) is 6.77. The van der Waals surface area contributed by atoms with E-state index in [0.717, 1.165) is 19.5 Å². The quantitative estimate of drug-likeness (QED) is 0.782. The Labute approximate surface area is 113 Å². The molecule has 104 valence electrons. The van der Waals surface area contributed by atoms with Crippen LogP contribution in [-0.2, 0) is 0 Å². The molecule has 0 aliphatic carbocycles. The second-order valence-electron chi connectivity index (χ2n) is 4.93. The molecular weight excluding hydrogens is 245 g/mol. The van der Waals surface area contributed by atoms with E-state index in [0.29, 0.717) is 19.1 Å². The molecule has 0 saturated carbocycles. The van der Waals surface area contributed by atoms with Crippen LogP contribution in [0.1, 0.15) is 30.8 Å². The molecule has 4 nitrogen and oxygen atoms in total. The fourth-order valence-electron chi connectivity index (χ4n) is 2.31. The van der Waals surface area contributed by atoms with Gasteiger partial charge in [0.05, 0.1) is 0 Å². The van der Waals surface area contributed by atoms with Gasteiger partial charge in [-0.3, -0.25) is 9.69 Å². The van der Waals surface area contributed by atoms with Crippen LogP contribution in [-0.4, -0.2) is 52.9 Å². The summed E-state index contributed by atoms with van der Waals surface area (Å²) in [5, 5.41) is 0. The maximum absolute atomic E-state index is 13.0. The average Bonchev–Trinajstić information content (AvgIpc) is 2.46. The minimum absolute atomic E-state index is 0.177. The van der Waals surface area contributed by atoms with E-state index >= 15 is 0 Å². The van der Waals surface area contributed by atoms with Gasteiger partial charge in [-0.2, -0.15) is 4.39 Å². The molecule has 1 aliphatic heterocycles. The zero-order valence-electron chi connectivity index (χ0n) is 11.5. The van der Waals surface area contributed by atoms with E-state index in [9.17, 15) is 9.18 Å². The molecule has 5 heteroatoms. The molecule has 2 heterocycles. The maximum Gasteiger partial charge on any atom is 0.272 e. The Bertz CT molecular complexity index is 444. The van der Waals surface area contributed by atoms with E-state index in [1.54, 1.807) is 11.0 Å². The predicted octanol–water partition coefficient (Wildman–Crippen LogP) is 1.78. The minimum Gasteiger partial charge on any atom is -0.335 e. The lowest BCUT2D eigenvalue weighted by molar-refractivity contribution is 0.0573. The van der Waals surface area contributed by atoms with Crippen LogP contribution in [0, 0.1) is 5.95 Å². The van der Waals surface area contributed by atoms with Crippen molar-refractivity contribution in [2.75, 3.05) is 26.2 Å². The van der Waals surface area contributed by atoms with Gasteiger partial charge in [0.15, 0.2) is 0 Å². The smallest absolute Gasteiger partial charge is 0.272 e. The summed E-state index contributed by atoms with van der Waals surface area (Å²) < 4.78 is 13.0. The lowest BCUT2D eigenvalue weighted by Crippen LogP contribution is -2.51. The Hall–Kier alpha value is -1.49. The summed E-state index contributed by atoms with van der Waals surface area (Å²) in [6.07, 6.45) is 1.11. The predicted molar refractivity (Wildman–Crippen MR) is 71.4 cm³/mol. The van der Waals surface area contributed by atoms with Crippen molar-refractivity contribution >= 4 is 5.91 Å². The standard InChI is InChI=1S/C14H20FN3O/c1-3-11(2)17-7-9-18(10-8-17)14(19)12-5-4-6-13(15)16-12/h4-6,11H,3,7-10H2,1-2H3. The van der Waals surface area contributed by atoms with Crippen LogP contribution in [0.4, 0.5) is 4.39 Å². The monoisotopic (exact) mass is 265 g/mol. The van der Waals surface area contributed by atoms with E-state index < -0.39 is 5.95 Å². The van der Waals surface area contributed by atoms with Gasteiger partial charge in [-0.15, -0.1) is 0 Å². The third-order valence-electron chi connectivity index (χ3n) is 3.75. The zero-order valence-corrected chi connectivity index (χ0v) is 11.5. The van der Waals surface area contributed by atoms with Gasteiger partial charge in [-0.1, -0.05) is 13.0 Å². The molecule has 0 spiro atoms. The highest BCUT2D eigenvalue weighted by molar-refractivity contribution is 5.92. The van der Waals surface area contributed by atoms with E-state index in [1.807, 2.05) is 0 Å². The van der Waals surface area contributed by atoms with E-state index in [-0.39, 0.29) is 11.6 Å². The Morgan fingerprint density at radius 1 is 1.37 bits per heavy atom. The third-order valence-corrected chi connectivity index (χ3v) is 3.75. The van der Waals surface area contributed by atoms with E-state index in [1.165, 1.54) is 12.1 Å². The largest absolute Gasteiger partial charge is 0.335 e.